The average molecular weight is 230 g/mol. The largest absolute Gasteiger partial charge is 0.469 e. The first-order chi connectivity index (χ1) is 7.52. The Labute approximate surface area is 96.6 Å². The second kappa shape index (κ2) is 6.18. The number of carbonyl (C=O) groups excluding carboxylic acids is 1. The van der Waals surface area contributed by atoms with Gasteiger partial charge in [-0.2, -0.15) is 0 Å². The van der Waals surface area contributed by atoms with Crippen molar-refractivity contribution in [1.82, 2.24) is 4.90 Å². The fourth-order valence-electron chi connectivity index (χ4n) is 2.16. The minimum Gasteiger partial charge on any atom is -0.469 e. The van der Waals surface area contributed by atoms with Crippen LogP contribution in [0, 0.1) is 5.92 Å². The van der Waals surface area contributed by atoms with E-state index in [2.05, 4.69) is 9.64 Å². The first-order valence-corrected chi connectivity index (χ1v) is 5.75. The third-order valence-electron chi connectivity index (χ3n) is 3.13. The van der Waals surface area contributed by atoms with Gasteiger partial charge in [-0.1, -0.05) is 0 Å². The number of methoxy groups -OCH3 is 1. The van der Waals surface area contributed by atoms with Crippen LogP contribution in [0.4, 0.5) is 0 Å². The van der Waals surface area contributed by atoms with Gasteiger partial charge in [0.2, 0.25) is 0 Å². The minimum absolute atomic E-state index is 0.0889. The van der Waals surface area contributed by atoms with Crippen LogP contribution in [0.1, 0.15) is 19.8 Å². The zero-order valence-corrected chi connectivity index (χ0v) is 10.1. The smallest absolute Gasteiger partial charge is 0.306 e. The highest BCUT2D eigenvalue weighted by Crippen LogP contribution is 2.19. The van der Waals surface area contributed by atoms with Gasteiger partial charge in [-0.3, -0.25) is 4.79 Å². The van der Waals surface area contributed by atoms with Crippen LogP contribution < -0.4 is 5.73 Å². The highest BCUT2D eigenvalue weighted by atomic mass is 16.5. The number of ether oxygens (including phenoxy) is 1. The molecule has 0 aromatic rings. The second-order valence-electron chi connectivity index (χ2n) is 4.58. The lowest BCUT2D eigenvalue weighted by Gasteiger charge is -2.37. The molecule has 1 saturated heterocycles. The van der Waals surface area contributed by atoms with E-state index >= 15 is 0 Å². The van der Waals surface area contributed by atoms with E-state index in [-0.39, 0.29) is 24.0 Å². The molecule has 1 rings (SSSR count). The Morgan fingerprint density at radius 1 is 1.62 bits per heavy atom. The van der Waals surface area contributed by atoms with Gasteiger partial charge < -0.3 is 20.5 Å². The number of rotatable bonds is 4. The van der Waals surface area contributed by atoms with Crippen molar-refractivity contribution in [3.63, 3.8) is 0 Å². The Morgan fingerprint density at radius 2 is 2.31 bits per heavy atom. The predicted octanol–water partition coefficient (Wildman–Crippen LogP) is -0.420. The molecular formula is C11H22N2O3. The average Bonchev–Trinajstić information content (AvgIpc) is 2.25. The second-order valence-corrected chi connectivity index (χ2v) is 4.58. The minimum atomic E-state index is -0.341. The maximum atomic E-state index is 11.0. The van der Waals surface area contributed by atoms with Crippen molar-refractivity contribution in [2.24, 2.45) is 11.7 Å². The van der Waals surface area contributed by atoms with E-state index in [1.807, 2.05) is 0 Å². The molecule has 0 radical (unpaired) electrons. The van der Waals surface area contributed by atoms with Gasteiger partial charge in [0, 0.05) is 25.7 Å². The summed E-state index contributed by atoms with van der Waals surface area (Å²) >= 11 is 0. The molecule has 0 aromatic carbocycles. The Hall–Kier alpha value is -0.650. The summed E-state index contributed by atoms with van der Waals surface area (Å²) in [6, 6.07) is 0.0889. The quantitative estimate of drug-likeness (QED) is 0.642. The number of carbonyl (C=O) groups is 1. The predicted molar refractivity (Wildman–Crippen MR) is 60.8 cm³/mol. The topological polar surface area (TPSA) is 75.8 Å². The van der Waals surface area contributed by atoms with Crippen molar-refractivity contribution >= 4 is 5.97 Å². The Bertz CT molecular complexity index is 233. The lowest BCUT2D eigenvalue weighted by molar-refractivity contribution is -0.141. The van der Waals surface area contributed by atoms with Crippen LogP contribution in [0.2, 0.25) is 0 Å². The molecular weight excluding hydrogens is 208 g/mol. The van der Waals surface area contributed by atoms with E-state index in [0.29, 0.717) is 13.0 Å². The van der Waals surface area contributed by atoms with Gasteiger partial charge in [-0.15, -0.1) is 0 Å². The normalized spacial score (nSPS) is 28.8. The fraction of sp³-hybridized carbons (Fsp3) is 0.909. The molecule has 5 nitrogen and oxygen atoms in total. The number of esters is 1. The SMILES string of the molecule is COC(=O)CCN1CC(N)CC(C(C)O)C1. The molecule has 0 amide bonds. The highest BCUT2D eigenvalue weighted by molar-refractivity contribution is 5.69. The summed E-state index contributed by atoms with van der Waals surface area (Å²) in [4.78, 5) is 13.1. The van der Waals surface area contributed by atoms with E-state index in [1.54, 1.807) is 6.92 Å². The Balaban J connectivity index is 2.38. The summed E-state index contributed by atoms with van der Waals surface area (Å²) in [7, 11) is 1.39. The monoisotopic (exact) mass is 230 g/mol. The number of hydrogen-bond acceptors (Lipinski definition) is 5. The molecule has 0 aromatic heterocycles. The van der Waals surface area contributed by atoms with Crippen LogP contribution in [0.15, 0.2) is 0 Å². The summed E-state index contributed by atoms with van der Waals surface area (Å²) in [5, 5.41) is 9.56. The number of nitrogens with two attached hydrogens (primary N) is 1. The number of aliphatic hydroxyl groups is 1. The molecule has 3 N–H and O–H groups in total. The first-order valence-electron chi connectivity index (χ1n) is 5.75. The Kier molecular flexibility index (Phi) is 5.18. The molecule has 0 spiro atoms. The highest BCUT2D eigenvalue weighted by Gasteiger charge is 2.27. The molecule has 0 saturated carbocycles. The maximum Gasteiger partial charge on any atom is 0.306 e. The van der Waals surface area contributed by atoms with Gasteiger partial charge in [0.05, 0.1) is 19.6 Å². The molecule has 0 aliphatic carbocycles. The number of likely N-dealkylation sites (tertiary alicyclic amines) is 1. The summed E-state index contributed by atoms with van der Waals surface area (Å²) < 4.78 is 4.60. The molecule has 5 heteroatoms. The third-order valence-corrected chi connectivity index (χ3v) is 3.13. The van der Waals surface area contributed by atoms with Crippen molar-refractivity contribution in [1.29, 1.82) is 0 Å². The lowest BCUT2D eigenvalue weighted by atomic mass is 9.90. The molecule has 94 valence electrons. The van der Waals surface area contributed by atoms with Crippen LogP contribution in [0.25, 0.3) is 0 Å². The van der Waals surface area contributed by atoms with Gasteiger partial charge in [0.15, 0.2) is 0 Å². The summed E-state index contributed by atoms with van der Waals surface area (Å²) in [6.07, 6.45) is 0.897. The van der Waals surface area contributed by atoms with Crippen LogP contribution in [-0.4, -0.2) is 54.9 Å². The summed E-state index contributed by atoms with van der Waals surface area (Å²) in [5.74, 6) is 0.00846. The number of aliphatic hydroxyl groups excluding tert-OH is 1. The van der Waals surface area contributed by atoms with Crippen molar-refractivity contribution in [3.8, 4) is 0 Å². The molecule has 0 bridgehead atoms. The van der Waals surface area contributed by atoms with Crippen LogP contribution in [-0.2, 0) is 9.53 Å². The molecule has 1 fully saturated rings. The molecule has 1 aliphatic rings. The van der Waals surface area contributed by atoms with E-state index in [4.69, 9.17) is 5.73 Å². The summed E-state index contributed by atoms with van der Waals surface area (Å²) in [5.41, 5.74) is 5.92. The molecule has 1 aliphatic heterocycles. The number of nitrogens with zero attached hydrogens (tertiary/aromatic N) is 1. The first kappa shape index (κ1) is 13.4. The number of piperidine rings is 1. The van der Waals surface area contributed by atoms with Crippen LogP contribution in [0.5, 0.6) is 0 Å². The zero-order chi connectivity index (χ0) is 12.1. The molecule has 1 heterocycles. The van der Waals surface area contributed by atoms with Gasteiger partial charge in [-0.25, -0.2) is 0 Å². The van der Waals surface area contributed by atoms with Gasteiger partial charge in [0.25, 0.3) is 0 Å². The van der Waals surface area contributed by atoms with Crippen LogP contribution in [0.3, 0.4) is 0 Å². The fourth-order valence-corrected chi connectivity index (χ4v) is 2.16. The van der Waals surface area contributed by atoms with Crippen LogP contribution >= 0.6 is 0 Å². The van der Waals surface area contributed by atoms with Crippen molar-refractivity contribution in [2.45, 2.75) is 31.9 Å². The van der Waals surface area contributed by atoms with E-state index < -0.39 is 0 Å². The van der Waals surface area contributed by atoms with Gasteiger partial charge in [-0.05, 0) is 19.3 Å². The zero-order valence-electron chi connectivity index (χ0n) is 10.1. The third kappa shape index (κ3) is 4.08. The van der Waals surface area contributed by atoms with E-state index in [9.17, 15) is 9.90 Å². The molecule has 16 heavy (non-hydrogen) atoms. The Morgan fingerprint density at radius 3 is 2.88 bits per heavy atom. The van der Waals surface area contributed by atoms with E-state index in [1.165, 1.54) is 7.11 Å². The van der Waals surface area contributed by atoms with Crippen molar-refractivity contribution in [3.05, 3.63) is 0 Å². The number of hydrogen-bond donors (Lipinski definition) is 2. The van der Waals surface area contributed by atoms with Gasteiger partial charge >= 0.3 is 5.97 Å². The summed E-state index contributed by atoms with van der Waals surface area (Å²) in [6.45, 7) is 4.05. The molecule has 3 atom stereocenters. The van der Waals surface area contributed by atoms with Gasteiger partial charge in [0.1, 0.15) is 0 Å². The van der Waals surface area contributed by atoms with Crippen molar-refractivity contribution in [2.75, 3.05) is 26.7 Å². The van der Waals surface area contributed by atoms with E-state index in [0.717, 1.165) is 19.5 Å². The van der Waals surface area contributed by atoms with Crippen molar-refractivity contribution < 1.29 is 14.6 Å². The lowest BCUT2D eigenvalue weighted by Crippen LogP contribution is -2.49. The molecule has 3 unspecified atom stereocenters. The maximum absolute atomic E-state index is 11.0. The standard InChI is InChI=1S/C11H22N2O3/c1-8(14)9-5-10(12)7-13(6-9)4-3-11(15)16-2/h8-10,14H,3-7,12H2,1-2H3.